The van der Waals surface area contributed by atoms with E-state index in [2.05, 4.69) is 26.6 Å². The fourth-order valence-electron chi connectivity index (χ4n) is 7.09. The number of carbonyl (C=O) groups is 8. The SMILES string of the molecule is CCC[C@H](N)C(=O)N[C@@H](CC(C)C)C(=O)NCC(=O)N[C@@H](CC(C)C)C(=O)N1CCC[C@H]1C(=O)NCCCNc1cccc2c1C(=O)c1ccccc1C2=O.O=C(O)C(F)(F)F. The molecular weight excluding hydrogens is 816 g/mol. The molecular formula is C43H58F3N7O9. The van der Waals surface area contributed by atoms with E-state index in [9.17, 15) is 46.7 Å². The highest BCUT2D eigenvalue weighted by Crippen LogP contribution is 2.32. The number of carboxylic acids is 1. The number of amides is 5. The van der Waals surface area contributed by atoms with Gasteiger partial charge in [0, 0.05) is 42.0 Å². The van der Waals surface area contributed by atoms with Crippen molar-refractivity contribution in [3.8, 4) is 0 Å². The van der Waals surface area contributed by atoms with Crippen molar-refractivity contribution in [3.05, 3.63) is 64.7 Å². The van der Waals surface area contributed by atoms with Crippen LogP contribution in [0.25, 0.3) is 0 Å². The summed E-state index contributed by atoms with van der Waals surface area (Å²) in [7, 11) is 0. The minimum Gasteiger partial charge on any atom is -0.475 e. The van der Waals surface area contributed by atoms with E-state index in [0.717, 1.165) is 6.42 Å². The van der Waals surface area contributed by atoms with Crippen LogP contribution in [0.15, 0.2) is 42.5 Å². The first-order valence-electron chi connectivity index (χ1n) is 20.7. The highest BCUT2D eigenvalue weighted by Gasteiger charge is 2.39. The first kappa shape index (κ1) is 50.5. The van der Waals surface area contributed by atoms with Gasteiger partial charge in [-0.3, -0.25) is 33.6 Å². The molecule has 1 fully saturated rings. The number of carboxylic acid groups (broad SMARTS) is 1. The van der Waals surface area contributed by atoms with Crippen molar-refractivity contribution < 1.29 is 56.6 Å². The lowest BCUT2D eigenvalue weighted by atomic mass is 9.83. The fraction of sp³-hybridized carbons (Fsp3) is 0.535. The van der Waals surface area contributed by atoms with Crippen LogP contribution in [0, 0.1) is 11.8 Å². The molecule has 1 aliphatic heterocycles. The number of carbonyl (C=O) groups excluding carboxylic acids is 7. The maximum absolute atomic E-state index is 13.8. The van der Waals surface area contributed by atoms with Crippen molar-refractivity contribution in [1.82, 2.24) is 26.2 Å². The number of likely N-dealkylation sites (tertiary alicyclic amines) is 1. The minimum absolute atomic E-state index is 0.0440. The number of rotatable bonds is 19. The summed E-state index contributed by atoms with van der Waals surface area (Å²) in [5.41, 5.74) is 7.95. The molecule has 0 saturated carbocycles. The lowest BCUT2D eigenvalue weighted by molar-refractivity contribution is -0.192. The third kappa shape index (κ3) is 14.4. The number of alkyl halides is 3. The highest BCUT2D eigenvalue weighted by molar-refractivity contribution is 6.30. The van der Waals surface area contributed by atoms with Crippen LogP contribution in [-0.4, -0.2) is 114 Å². The normalized spacial score (nSPS) is 15.9. The number of hydrogen-bond donors (Lipinski definition) is 7. The predicted octanol–water partition coefficient (Wildman–Crippen LogP) is 3.31. The number of fused-ring (bicyclic) bond motifs is 2. The van der Waals surface area contributed by atoms with Crippen molar-refractivity contribution in [2.45, 2.75) is 110 Å². The molecule has 8 N–H and O–H groups in total. The standard InChI is InChI=1S/C41H57N7O7.C2HF3O2/c1-6-12-29(42)38(52)47-31(21-24(2)3)39(53)45-23-34(49)46-32(22-25(4)5)41(55)48-20-10-17-33(48)40(54)44-19-11-18-43-30-16-9-15-28-35(30)37(51)27-14-8-7-13-26(27)36(28)50;3-2(4,5)1(6)7/h7-9,13-16,24-25,29,31-33,43H,6,10-12,17-23,42H2,1-5H3,(H,44,54)(H,45,53)(H,46,49)(H,47,52);(H,6,7)/t29-,31-,32-,33-;/m0./s1. The molecule has 0 bridgehead atoms. The van der Waals surface area contributed by atoms with E-state index >= 15 is 0 Å². The van der Waals surface area contributed by atoms with E-state index in [4.69, 9.17) is 15.6 Å². The van der Waals surface area contributed by atoms with Crippen LogP contribution in [0.4, 0.5) is 18.9 Å². The molecule has 1 heterocycles. The number of ketones is 2. The van der Waals surface area contributed by atoms with E-state index in [1.165, 1.54) is 4.90 Å². The predicted molar refractivity (Wildman–Crippen MR) is 223 cm³/mol. The highest BCUT2D eigenvalue weighted by atomic mass is 19.4. The average molecular weight is 874 g/mol. The second-order valence-electron chi connectivity index (χ2n) is 16.0. The third-order valence-corrected chi connectivity index (χ3v) is 10.0. The van der Waals surface area contributed by atoms with Crippen molar-refractivity contribution >= 4 is 52.8 Å². The Labute approximate surface area is 358 Å². The summed E-state index contributed by atoms with van der Waals surface area (Å²) in [5.74, 6) is -5.20. The summed E-state index contributed by atoms with van der Waals surface area (Å²) in [6.07, 6.45) is -1.57. The molecule has 62 heavy (non-hydrogen) atoms. The smallest absolute Gasteiger partial charge is 0.475 e. The Kier molecular flexibility index (Phi) is 19.1. The van der Waals surface area contributed by atoms with E-state index in [-0.39, 0.29) is 35.2 Å². The minimum atomic E-state index is -5.08. The van der Waals surface area contributed by atoms with Crippen LogP contribution in [0.5, 0.6) is 0 Å². The van der Waals surface area contributed by atoms with E-state index in [1.807, 2.05) is 34.6 Å². The number of nitrogens with two attached hydrogens (primary N) is 1. The molecule has 0 aromatic heterocycles. The fourth-order valence-corrected chi connectivity index (χ4v) is 7.09. The molecule has 0 radical (unpaired) electrons. The monoisotopic (exact) mass is 873 g/mol. The number of nitrogens with one attached hydrogen (secondary N) is 5. The van der Waals surface area contributed by atoms with Gasteiger partial charge in [-0.05, 0) is 56.4 Å². The zero-order chi connectivity index (χ0) is 46.3. The van der Waals surface area contributed by atoms with Crippen LogP contribution in [-0.2, 0) is 28.8 Å². The van der Waals surface area contributed by atoms with Gasteiger partial charge in [0.15, 0.2) is 11.6 Å². The zero-order valence-electron chi connectivity index (χ0n) is 35.7. The maximum Gasteiger partial charge on any atom is 0.490 e. The van der Waals surface area contributed by atoms with E-state index in [0.29, 0.717) is 86.1 Å². The molecule has 5 amide bonds. The van der Waals surface area contributed by atoms with Gasteiger partial charge in [-0.2, -0.15) is 13.2 Å². The molecule has 340 valence electrons. The summed E-state index contributed by atoms with van der Waals surface area (Å²) < 4.78 is 31.7. The Hall–Kier alpha value is -5.85. The average Bonchev–Trinajstić information content (AvgIpc) is 3.71. The first-order chi connectivity index (χ1) is 29.2. The Morgan fingerprint density at radius 1 is 0.823 bits per heavy atom. The molecule has 2 aromatic carbocycles. The molecule has 1 aliphatic carbocycles. The molecule has 19 heteroatoms. The van der Waals surface area contributed by atoms with Crippen molar-refractivity contribution in [2.24, 2.45) is 17.6 Å². The Balaban J connectivity index is 0.00000134. The Morgan fingerprint density at radius 2 is 1.42 bits per heavy atom. The van der Waals surface area contributed by atoms with Crippen LogP contribution >= 0.6 is 0 Å². The topological polar surface area (TPSA) is 246 Å². The molecule has 4 atom stereocenters. The third-order valence-electron chi connectivity index (χ3n) is 10.0. The van der Waals surface area contributed by atoms with E-state index < -0.39 is 60.6 Å². The van der Waals surface area contributed by atoms with Crippen molar-refractivity contribution in [1.29, 1.82) is 0 Å². The summed E-state index contributed by atoms with van der Waals surface area (Å²) in [6, 6.07) is 8.71. The van der Waals surface area contributed by atoms with Gasteiger partial charge >= 0.3 is 12.1 Å². The van der Waals surface area contributed by atoms with Crippen LogP contribution in [0.2, 0.25) is 0 Å². The number of nitrogens with zero attached hydrogens (tertiary/aromatic N) is 1. The second-order valence-corrected chi connectivity index (χ2v) is 16.0. The van der Waals surface area contributed by atoms with Crippen LogP contribution in [0.3, 0.4) is 0 Å². The van der Waals surface area contributed by atoms with Crippen LogP contribution in [0.1, 0.15) is 111 Å². The van der Waals surface area contributed by atoms with Gasteiger partial charge in [-0.1, -0.05) is 77.4 Å². The van der Waals surface area contributed by atoms with Gasteiger partial charge in [0.05, 0.1) is 18.2 Å². The summed E-state index contributed by atoms with van der Waals surface area (Å²) in [5, 5.41) is 21.4. The molecule has 2 aliphatic rings. The summed E-state index contributed by atoms with van der Waals surface area (Å²) in [6.45, 7) is 10.3. The molecule has 0 unspecified atom stereocenters. The number of anilines is 1. The number of benzene rings is 2. The lowest BCUT2D eigenvalue weighted by Gasteiger charge is -2.29. The van der Waals surface area contributed by atoms with Crippen molar-refractivity contribution in [2.75, 3.05) is 31.5 Å². The van der Waals surface area contributed by atoms with Gasteiger partial charge in [0.2, 0.25) is 29.5 Å². The van der Waals surface area contributed by atoms with Gasteiger partial charge in [-0.15, -0.1) is 0 Å². The quantitative estimate of drug-likeness (QED) is 0.0862. The molecule has 16 nitrogen and oxygen atoms in total. The first-order valence-corrected chi connectivity index (χ1v) is 20.7. The number of aliphatic carboxylic acids is 1. The summed E-state index contributed by atoms with van der Waals surface area (Å²) >= 11 is 0. The largest absolute Gasteiger partial charge is 0.490 e. The Bertz CT molecular complexity index is 1960. The van der Waals surface area contributed by atoms with E-state index in [1.54, 1.807) is 42.5 Å². The lowest BCUT2D eigenvalue weighted by Crippen LogP contribution is -2.56. The second kappa shape index (κ2) is 23.4. The maximum atomic E-state index is 13.8. The van der Waals surface area contributed by atoms with Crippen molar-refractivity contribution in [3.63, 3.8) is 0 Å². The molecule has 0 spiro atoms. The van der Waals surface area contributed by atoms with Crippen LogP contribution < -0.4 is 32.3 Å². The molecule has 2 aromatic rings. The van der Waals surface area contributed by atoms with Gasteiger partial charge in [0.25, 0.3) is 0 Å². The van der Waals surface area contributed by atoms with Gasteiger partial charge < -0.3 is 42.3 Å². The molecule has 4 rings (SSSR count). The Morgan fingerprint density at radius 3 is 2.02 bits per heavy atom. The number of halogens is 3. The summed E-state index contributed by atoms with van der Waals surface area (Å²) in [4.78, 5) is 103. The van der Waals surface area contributed by atoms with Gasteiger partial charge in [-0.25, -0.2) is 4.79 Å². The number of hydrogen-bond acceptors (Lipinski definition) is 10. The van der Waals surface area contributed by atoms with Gasteiger partial charge in [0.1, 0.15) is 18.1 Å². The molecule has 1 saturated heterocycles. The zero-order valence-corrected chi connectivity index (χ0v) is 35.7.